The van der Waals surface area contributed by atoms with Gasteiger partial charge >= 0.3 is 0 Å². The van der Waals surface area contributed by atoms with Gasteiger partial charge in [-0.1, -0.05) is 20.8 Å². The highest BCUT2D eigenvalue weighted by Gasteiger charge is 2.14. The van der Waals surface area contributed by atoms with Crippen LogP contribution in [-0.4, -0.2) is 6.04 Å². The lowest BCUT2D eigenvalue weighted by Gasteiger charge is -2.18. The molecule has 0 bridgehead atoms. The van der Waals surface area contributed by atoms with E-state index in [9.17, 15) is 0 Å². The van der Waals surface area contributed by atoms with Crippen molar-refractivity contribution in [2.75, 3.05) is 0 Å². The van der Waals surface area contributed by atoms with Crippen LogP contribution < -0.4 is 5.73 Å². The third kappa shape index (κ3) is 5.32. The molecule has 52 valence electrons. The summed E-state index contributed by atoms with van der Waals surface area (Å²) in [6.07, 6.45) is 0.767. The summed E-state index contributed by atoms with van der Waals surface area (Å²) < 4.78 is 0. The molecule has 0 aliphatic carbocycles. The van der Waals surface area contributed by atoms with Crippen LogP contribution in [0.1, 0.15) is 27.2 Å². The molecule has 0 aromatic rings. The SMILES string of the molecule is CC(C)(C)CC(N)C#N. The highest BCUT2D eigenvalue weighted by molar-refractivity contribution is 4.89. The van der Waals surface area contributed by atoms with Crippen molar-refractivity contribution in [3.63, 3.8) is 0 Å². The molecule has 1 atom stereocenters. The largest absolute Gasteiger partial charge is 0.316 e. The maximum absolute atomic E-state index is 8.32. The van der Waals surface area contributed by atoms with Crippen LogP contribution in [0.15, 0.2) is 0 Å². The Morgan fingerprint density at radius 1 is 1.56 bits per heavy atom. The molecule has 0 heterocycles. The molecule has 0 aliphatic heterocycles. The third-order valence-electron chi connectivity index (χ3n) is 0.998. The summed E-state index contributed by atoms with van der Waals surface area (Å²) in [6.45, 7) is 6.22. The maximum atomic E-state index is 8.32. The number of hydrogen-bond donors (Lipinski definition) is 1. The predicted octanol–water partition coefficient (Wildman–Crippen LogP) is 1.27. The monoisotopic (exact) mass is 126 g/mol. The molecule has 2 heteroatoms. The van der Waals surface area contributed by atoms with Gasteiger partial charge in [-0.25, -0.2) is 0 Å². The van der Waals surface area contributed by atoms with Crippen molar-refractivity contribution in [2.45, 2.75) is 33.2 Å². The summed E-state index contributed by atoms with van der Waals surface area (Å²) in [7, 11) is 0. The average molecular weight is 126 g/mol. The van der Waals surface area contributed by atoms with Crippen LogP contribution in [0.2, 0.25) is 0 Å². The summed E-state index contributed by atoms with van der Waals surface area (Å²) in [5.74, 6) is 0. The number of nitrogens with two attached hydrogens (primary N) is 1. The van der Waals surface area contributed by atoms with Crippen molar-refractivity contribution in [1.29, 1.82) is 5.26 Å². The molecule has 0 rings (SSSR count). The maximum Gasteiger partial charge on any atom is 0.0933 e. The van der Waals surface area contributed by atoms with E-state index < -0.39 is 0 Å². The predicted molar refractivity (Wildman–Crippen MR) is 37.7 cm³/mol. The van der Waals surface area contributed by atoms with Crippen LogP contribution in [0.3, 0.4) is 0 Å². The fourth-order valence-electron chi connectivity index (χ4n) is 0.705. The van der Waals surface area contributed by atoms with Gasteiger partial charge in [-0.15, -0.1) is 0 Å². The van der Waals surface area contributed by atoms with Gasteiger partial charge in [0.1, 0.15) is 0 Å². The fraction of sp³-hybridized carbons (Fsp3) is 0.857. The molecule has 0 spiro atoms. The minimum Gasteiger partial charge on any atom is -0.316 e. The Morgan fingerprint density at radius 3 is 2.11 bits per heavy atom. The summed E-state index contributed by atoms with van der Waals surface area (Å²) >= 11 is 0. The van der Waals surface area contributed by atoms with Crippen molar-refractivity contribution >= 4 is 0 Å². The molecule has 0 radical (unpaired) electrons. The number of hydrogen-bond acceptors (Lipinski definition) is 2. The molecule has 1 unspecified atom stereocenters. The highest BCUT2D eigenvalue weighted by Crippen LogP contribution is 2.19. The van der Waals surface area contributed by atoms with Crippen LogP contribution in [0.5, 0.6) is 0 Å². The molecule has 0 aromatic carbocycles. The first kappa shape index (κ1) is 8.45. The van der Waals surface area contributed by atoms with Crippen molar-refractivity contribution in [2.24, 2.45) is 11.1 Å². The second-order valence-electron chi connectivity index (χ2n) is 3.50. The van der Waals surface area contributed by atoms with Gasteiger partial charge in [-0.3, -0.25) is 0 Å². The zero-order valence-corrected chi connectivity index (χ0v) is 6.31. The van der Waals surface area contributed by atoms with Crippen LogP contribution in [-0.2, 0) is 0 Å². The molecular weight excluding hydrogens is 112 g/mol. The standard InChI is InChI=1S/C7H14N2/c1-7(2,3)4-6(9)5-8/h6H,4,9H2,1-3H3. The quantitative estimate of drug-likeness (QED) is 0.575. The molecular formula is C7H14N2. The topological polar surface area (TPSA) is 49.8 Å². The smallest absolute Gasteiger partial charge is 0.0933 e. The van der Waals surface area contributed by atoms with Crippen LogP contribution in [0.4, 0.5) is 0 Å². The van der Waals surface area contributed by atoms with Gasteiger partial charge in [0.15, 0.2) is 0 Å². The minimum atomic E-state index is -0.301. The van der Waals surface area contributed by atoms with Crippen LogP contribution in [0, 0.1) is 16.7 Å². The first-order valence-electron chi connectivity index (χ1n) is 3.11. The third-order valence-corrected chi connectivity index (χ3v) is 0.998. The molecule has 0 amide bonds. The second kappa shape index (κ2) is 2.84. The normalized spacial score (nSPS) is 14.6. The Bertz CT molecular complexity index is 116. The summed E-state index contributed by atoms with van der Waals surface area (Å²) in [6, 6.07) is 1.70. The Kier molecular flexibility index (Phi) is 2.66. The molecule has 9 heavy (non-hydrogen) atoms. The van der Waals surface area contributed by atoms with Crippen molar-refractivity contribution in [3.8, 4) is 6.07 Å². The summed E-state index contributed by atoms with van der Waals surface area (Å²) in [4.78, 5) is 0. The van der Waals surface area contributed by atoms with Gasteiger partial charge in [0.2, 0.25) is 0 Å². The van der Waals surface area contributed by atoms with E-state index in [0.717, 1.165) is 6.42 Å². The average Bonchev–Trinajstić information content (AvgIpc) is 1.62. The fourth-order valence-corrected chi connectivity index (χ4v) is 0.705. The van der Waals surface area contributed by atoms with Gasteiger partial charge < -0.3 is 5.73 Å². The lowest BCUT2D eigenvalue weighted by Crippen LogP contribution is -2.24. The Labute approximate surface area is 56.7 Å². The van der Waals surface area contributed by atoms with Gasteiger partial charge in [0.25, 0.3) is 0 Å². The van der Waals surface area contributed by atoms with Gasteiger partial charge in [-0.05, 0) is 11.8 Å². The van der Waals surface area contributed by atoms with E-state index in [4.69, 9.17) is 11.0 Å². The summed E-state index contributed by atoms with van der Waals surface area (Å²) in [5, 5.41) is 8.32. The Balaban J connectivity index is 3.63. The van der Waals surface area contributed by atoms with E-state index in [1.165, 1.54) is 0 Å². The van der Waals surface area contributed by atoms with Gasteiger partial charge in [0, 0.05) is 0 Å². The van der Waals surface area contributed by atoms with Crippen LogP contribution in [0.25, 0.3) is 0 Å². The second-order valence-corrected chi connectivity index (χ2v) is 3.50. The minimum absolute atomic E-state index is 0.176. The van der Waals surface area contributed by atoms with Gasteiger partial charge in [0.05, 0.1) is 12.1 Å². The Hall–Kier alpha value is -0.550. The first-order valence-corrected chi connectivity index (χ1v) is 3.11. The molecule has 0 saturated heterocycles. The first-order chi connectivity index (χ1) is 3.95. The number of nitriles is 1. The van der Waals surface area contributed by atoms with E-state index in [1.807, 2.05) is 6.07 Å². The zero-order chi connectivity index (χ0) is 7.49. The molecule has 0 fully saturated rings. The zero-order valence-electron chi connectivity index (χ0n) is 6.31. The van der Waals surface area contributed by atoms with Crippen LogP contribution >= 0.6 is 0 Å². The van der Waals surface area contributed by atoms with Crippen molar-refractivity contribution in [3.05, 3.63) is 0 Å². The molecule has 2 nitrogen and oxygen atoms in total. The van der Waals surface area contributed by atoms with E-state index in [1.54, 1.807) is 0 Å². The molecule has 0 aromatic heterocycles. The van der Waals surface area contributed by atoms with Crippen molar-refractivity contribution in [1.82, 2.24) is 0 Å². The molecule has 0 aliphatic rings. The van der Waals surface area contributed by atoms with E-state index in [2.05, 4.69) is 20.8 Å². The van der Waals surface area contributed by atoms with Crippen molar-refractivity contribution < 1.29 is 0 Å². The van der Waals surface area contributed by atoms with Gasteiger partial charge in [-0.2, -0.15) is 5.26 Å². The highest BCUT2D eigenvalue weighted by atomic mass is 14.6. The molecule has 2 N–H and O–H groups in total. The van der Waals surface area contributed by atoms with E-state index in [-0.39, 0.29) is 11.5 Å². The summed E-state index contributed by atoms with van der Waals surface area (Å²) in [5.41, 5.74) is 5.57. The Morgan fingerprint density at radius 2 is 2.00 bits per heavy atom. The number of rotatable bonds is 1. The molecule has 0 saturated carbocycles. The van der Waals surface area contributed by atoms with E-state index >= 15 is 0 Å². The lowest BCUT2D eigenvalue weighted by atomic mass is 9.89. The number of nitrogens with zero attached hydrogens (tertiary/aromatic N) is 1. The van der Waals surface area contributed by atoms with E-state index in [0.29, 0.717) is 0 Å². The lowest BCUT2D eigenvalue weighted by molar-refractivity contribution is 0.363.